The van der Waals surface area contributed by atoms with E-state index >= 15 is 0 Å². The highest BCUT2D eigenvalue weighted by Crippen LogP contribution is 2.30. The van der Waals surface area contributed by atoms with Crippen LogP contribution >= 0.6 is 0 Å². The van der Waals surface area contributed by atoms with Crippen molar-refractivity contribution in [2.75, 3.05) is 12.4 Å². The zero-order chi connectivity index (χ0) is 22.2. The number of carbonyl (C=O) groups excluding carboxylic acids is 1. The summed E-state index contributed by atoms with van der Waals surface area (Å²) in [5.41, 5.74) is 4.57. The molecule has 5 heteroatoms. The lowest BCUT2D eigenvalue weighted by Crippen LogP contribution is -2.13. The van der Waals surface area contributed by atoms with Gasteiger partial charge in [-0.25, -0.2) is 0 Å². The summed E-state index contributed by atoms with van der Waals surface area (Å²) in [7, 11) is 1.55. The van der Waals surface area contributed by atoms with Crippen LogP contribution in [0.3, 0.4) is 0 Å². The number of aryl methyl sites for hydroxylation is 2. The van der Waals surface area contributed by atoms with Gasteiger partial charge >= 0.3 is 0 Å². The monoisotopic (exact) mass is 412 g/mol. The minimum atomic E-state index is -0.466. The summed E-state index contributed by atoms with van der Waals surface area (Å²) in [6.45, 7) is 4.39. The molecule has 0 saturated heterocycles. The van der Waals surface area contributed by atoms with Gasteiger partial charge in [0.1, 0.15) is 18.2 Å². The van der Waals surface area contributed by atoms with Crippen molar-refractivity contribution in [3.8, 4) is 17.6 Å². The van der Waals surface area contributed by atoms with E-state index < -0.39 is 5.91 Å². The lowest BCUT2D eigenvalue weighted by Gasteiger charge is -2.12. The maximum Gasteiger partial charge on any atom is 0.266 e. The number of nitrogens with zero attached hydrogens (tertiary/aromatic N) is 1. The van der Waals surface area contributed by atoms with Crippen LogP contribution in [0.5, 0.6) is 11.5 Å². The highest BCUT2D eigenvalue weighted by molar-refractivity contribution is 6.09. The molecule has 0 spiro atoms. The van der Waals surface area contributed by atoms with Crippen LogP contribution in [0.4, 0.5) is 5.69 Å². The van der Waals surface area contributed by atoms with Crippen LogP contribution in [0.2, 0.25) is 0 Å². The predicted molar refractivity (Wildman–Crippen MR) is 122 cm³/mol. The topological polar surface area (TPSA) is 71.3 Å². The number of benzene rings is 3. The van der Waals surface area contributed by atoms with Gasteiger partial charge in [-0.1, -0.05) is 48.0 Å². The molecule has 3 rings (SSSR count). The van der Waals surface area contributed by atoms with Crippen molar-refractivity contribution in [3.63, 3.8) is 0 Å². The fourth-order valence-electron chi connectivity index (χ4n) is 2.98. The molecular weight excluding hydrogens is 388 g/mol. The fraction of sp³-hybridized carbons (Fsp3) is 0.154. The van der Waals surface area contributed by atoms with E-state index in [9.17, 15) is 10.1 Å². The van der Waals surface area contributed by atoms with Crippen LogP contribution in [0, 0.1) is 25.2 Å². The maximum atomic E-state index is 12.5. The average molecular weight is 412 g/mol. The number of nitriles is 1. The van der Waals surface area contributed by atoms with E-state index in [1.807, 2.05) is 62.4 Å². The van der Waals surface area contributed by atoms with Crippen LogP contribution in [-0.2, 0) is 11.4 Å². The molecule has 0 unspecified atom stereocenters. The van der Waals surface area contributed by atoms with Crippen LogP contribution < -0.4 is 14.8 Å². The maximum absolute atomic E-state index is 12.5. The lowest BCUT2D eigenvalue weighted by atomic mass is 10.1. The van der Waals surface area contributed by atoms with Gasteiger partial charge in [-0.05, 0) is 60.9 Å². The number of nitrogens with one attached hydrogen (secondary N) is 1. The number of carbonyl (C=O) groups is 1. The molecule has 31 heavy (non-hydrogen) atoms. The van der Waals surface area contributed by atoms with Crippen LogP contribution in [0.25, 0.3) is 6.08 Å². The predicted octanol–water partition coefficient (Wildman–Crippen LogP) is 5.44. The van der Waals surface area contributed by atoms with Gasteiger partial charge in [-0.15, -0.1) is 0 Å². The number of hydrogen-bond donors (Lipinski definition) is 1. The second-order valence-electron chi connectivity index (χ2n) is 7.18. The first-order chi connectivity index (χ1) is 15.0. The van der Waals surface area contributed by atoms with Gasteiger partial charge in [0.25, 0.3) is 5.91 Å². The summed E-state index contributed by atoms with van der Waals surface area (Å²) in [5, 5.41) is 12.2. The van der Waals surface area contributed by atoms with Crippen molar-refractivity contribution in [2.45, 2.75) is 20.5 Å². The van der Waals surface area contributed by atoms with Crippen molar-refractivity contribution in [1.82, 2.24) is 0 Å². The Morgan fingerprint density at radius 1 is 1.00 bits per heavy atom. The SMILES string of the molecule is COc1cc(/C=C(/C#N)C(=O)Nc2cccc(C)c2)ccc1OCc1ccc(C)cc1. The van der Waals surface area contributed by atoms with E-state index in [4.69, 9.17) is 9.47 Å². The first kappa shape index (κ1) is 21.7. The molecule has 0 aliphatic heterocycles. The molecule has 0 aliphatic carbocycles. The van der Waals surface area contributed by atoms with Gasteiger partial charge in [0.15, 0.2) is 11.5 Å². The second kappa shape index (κ2) is 10.1. The van der Waals surface area contributed by atoms with Gasteiger partial charge in [-0.3, -0.25) is 4.79 Å². The van der Waals surface area contributed by atoms with E-state index in [2.05, 4.69) is 5.32 Å². The van der Waals surface area contributed by atoms with Gasteiger partial charge in [-0.2, -0.15) is 5.26 Å². The molecule has 156 valence electrons. The first-order valence-electron chi connectivity index (χ1n) is 9.84. The second-order valence-corrected chi connectivity index (χ2v) is 7.18. The molecule has 0 bridgehead atoms. The van der Waals surface area contributed by atoms with E-state index in [1.165, 1.54) is 11.6 Å². The molecule has 0 radical (unpaired) electrons. The Bertz CT molecular complexity index is 1140. The number of methoxy groups -OCH3 is 1. The fourth-order valence-corrected chi connectivity index (χ4v) is 2.98. The van der Waals surface area contributed by atoms with E-state index in [0.29, 0.717) is 29.4 Å². The number of anilines is 1. The van der Waals surface area contributed by atoms with E-state index in [1.54, 1.807) is 31.4 Å². The lowest BCUT2D eigenvalue weighted by molar-refractivity contribution is -0.112. The molecule has 0 aliphatic rings. The van der Waals surface area contributed by atoms with E-state index in [0.717, 1.165) is 11.1 Å². The molecular formula is C26H24N2O3. The molecule has 3 aromatic rings. The van der Waals surface area contributed by atoms with Gasteiger partial charge in [0.05, 0.1) is 7.11 Å². The normalized spacial score (nSPS) is 10.8. The van der Waals surface area contributed by atoms with Crippen molar-refractivity contribution in [1.29, 1.82) is 5.26 Å². The standard InChI is InChI=1S/C26H24N2O3/c1-18-7-9-20(10-8-18)17-31-24-12-11-21(15-25(24)30-3)14-22(16-27)26(29)28-23-6-4-5-19(2)13-23/h4-15H,17H2,1-3H3,(H,28,29)/b22-14-. The van der Waals surface area contributed by atoms with E-state index in [-0.39, 0.29) is 5.57 Å². The Balaban J connectivity index is 1.74. The summed E-state index contributed by atoms with van der Waals surface area (Å²) < 4.78 is 11.3. The van der Waals surface area contributed by atoms with Crippen LogP contribution in [0.1, 0.15) is 22.3 Å². The average Bonchev–Trinajstić information content (AvgIpc) is 2.77. The smallest absolute Gasteiger partial charge is 0.266 e. The molecule has 1 N–H and O–H groups in total. The zero-order valence-corrected chi connectivity index (χ0v) is 17.8. The zero-order valence-electron chi connectivity index (χ0n) is 17.8. The third-order valence-electron chi connectivity index (χ3n) is 4.65. The Morgan fingerprint density at radius 3 is 2.45 bits per heavy atom. The minimum Gasteiger partial charge on any atom is -0.493 e. The van der Waals surface area contributed by atoms with Crippen LogP contribution in [-0.4, -0.2) is 13.0 Å². The Morgan fingerprint density at radius 2 is 1.77 bits per heavy atom. The largest absolute Gasteiger partial charge is 0.493 e. The third kappa shape index (κ3) is 5.97. The summed E-state index contributed by atoms with van der Waals surface area (Å²) in [6, 6.07) is 22.8. The number of amides is 1. The molecule has 1 amide bonds. The van der Waals surface area contributed by atoms with Crippen molar-refractivity contribution in [2.24, 2.45) is 0 Å². The summed E-state index contributed by atoms with van der Waals surface area (Å²) >= 11 is 0. The van der Waals surface area contributed by atoms with Gasteiger partial charge in [0.2, 0.25) is 0 Å². The Hall–Kier alpha value is -4.04. The molecule has 0 fully saturated rings. The molecule has 5 nitrogen and oxygen atoms in total. The van der Waals surface area contributed by atoms with Crippen molar-refractivity contribution in [3.05, 3.63) is 94.6 Å². The van der Waals surface area contributed by atoms with Crippen molar-refractivity contribution >= 4 is 17.7 Å². The van der Waals surface area contributed by atoms with Gasteiger partial charge in [0, 0.05) is 5.69 Å². The van der Waals surface area contributed by atoms with Crippen molar-refractivity contribution < 1.29 is 14.3 Å². The molecule has 0 aromatic heterocycles. The highest BCUT2D eigenvalue weighted by Gasteiger charge is 2.11. The third-order valence-corrected chi connectivity index (χ3v) is 4.65. The first-order valence-corrected chi connectivity index (χ1v) is 9.84. The van der Waals surface area contributed by atoms with Gasteiger partial charge < -0.3 is 14.8 Å². The minimum absolute atomic E-state index is 0.00289. The quantitative estimate of drug-likeness (QED) is 0.414. The summed E-state index contributed by atoms with van der Waals surface area (Å²) in [6.07, 6.45) is 1.53. The molecule has 0 saturated carbocycles. The van der Waals surface area contributed by atoms with Crippen LogP contribution in [0.15, 0.2) is 72.3 Å². The molecule has 3 aromatic carbocycles. The number of ether oxygens (including phenoxy) is 2. The summed E-state index contributed by atoms with van der Waals surface area (Å²) in [5.74, 6) is 0.645. The highest BCUT2D eigenvalue weighted by atomic mass is 16.5. The number of rotatable bonds is 7. The number of hydrogen-bond acceptors (Lipinski definition) is 4. The summed E-state index contributed by atoms with van der Waals surface area (Å²) in [4.78, 5) is 12.5. The Kier molecular flexibility index (Phi) is 7.08. The molecule has 0 atom stereocenters. The Labute approximate surface area is 182 Å². The molecule has 0 heterocycles.